The van der Waals surface area contributed by atoms with Gasteiger partial charge in [-0.3, -0.25) is 9.89 Å². The molecule has 0 N–H and O–H groups in total. The van der Waals surface area contributed by atoms with E-state index in [0.29, 0.717) is 12.1 Å². The zero-order valence-electron chi connectivity index (χ0n) is 11.2. The van der Waals surface area contributed by atoms with Crippen LogP contribution >= 0.6 is 0 Å². The smallest absolute Gasteiger partial charge is 0.0843 e. The van der Waals surface area contributed by atoms with Gasteiger partial charge in [-0.2, -0.15) is 0 Å². The third-order valence-corrected chi connectivity index (χ3v) is 4.57. The van der Waals surface area contributed by atoms with Crippen LogP contribution in [0.2, 0.25) is 0 Å². The van der Waals surface area contributed by atoms with Crippen LogP contribution in [0.3, 0.4) is 0 Å². The van der Waals surface area contributed by atoms with E-state index < -0.39 is 0 Å². The van der Waals surface area contributed by atoms with Crippen molar-refractivity contribution in [2.24, 2.45) is 10.9 Å². The molecule has 98 valence electrons. The Kier molecular flexibility index (Phi) is 2.49. The SMILES string of the molecule is CC1CC2C3C=NC=CN3c3ccccc3CN2C1. The minimum Gasteiger partial charge on any atom is -0.336 e. The highest BCUT2D eigenvalue weighted by Gasteiger charge is 2.40. The Morgan fingerprint density at radius 3 is 3.11 bits per heavy atom. The van der Waals surface area contributed by atoms with E-state index in [-0.39, 0.29) is 0 Å². The molecular formula is C16H19N3. The molecule has 1 fully saturated rings. The summed E-state index contributed by atoms with van der Waals surface area (Å²) < 4.78 is 0. The van der Waals surface area contributed by atoms with Gasteiger partial charge < -0.3 is 4.90 Å². The second-order valence-electron chi connectivity index (χ2n) is 5.96. The van der Waals surface area contributed by atoms with E-state index in [1.165, 1.54) is 24.2 Å². The normalized spacial score (nSPS) is 32.7. The first-order valence-corrected chi connectivity index (χ1v) is 7.13. The fourth-order valence-corrected chi connectivity index (χ4v) is 3.77. The van der Waals surface area contributed by atoms with Gasteiger partial charge >= 0.3 is 0 Å². The first-order chi connectivity index (χ1) is 9.33. The predicted octanol–water partition coefficient (Wildman–Crippen LogP) is 2.64. The van der Waals surface area contributed by atoms with Crippen molar-refractivity contribution in [3.8, 4) is 0 Å². The highest BCUT2D eigenvalue weighted by Crippen LogP contribution is 2.37. The van der Waals surface area contributed by atoms with Crippen LogP contribution in [0.25, 0.3) is 0 Å². The number of nitrogens with zero attached hydrogens (tertiary/aromatic N) is 3. The molecule has 3 aliphatic rings. The largest absolute Gasteiger partial charge is 0.336 e. The molecule has 0 spiro atoms. The fourth-order valence-electron chi connectivity index (χ4n) is 3.77. The molecule has 3 aliphatic heterocycles. The average molecular weight is 253 g/mol. The Bertz CT molecular complexity index is 549. The highest BCUT2D eigenvalue weighted by atomic mass is 15.3. The van der Waals surface area contributed by atoms with Crippen LogP contribution in [0.1, 0.15) is 18.9 Å². The van der Waals surface area contributed by atoms with Crippen molar-refractivity contribution < 1.29 is 0 Å². The van der Waals surface area contributed by atoms with Gasteiger partial charge in [-0.15, -0.1) is 0 Å². The lowest BCUT2D eigenvalue weighted by Crippen LogP contribution is -2.47. The number of hydrogen-bond acceptors (Lipinski definition) is 3. The maximum atomic E-state index is 4.39. The maximum Gasteiger partial charge on any atom is 0.0843 e. The summed E-state index contributed by atoms with van der Waals surface area (Å²) in [6.45, 7) is 4.64. The molecule has 1 saturated heterocycles. The van der Waals surface area contributed by atoms with Crippen LogP contribution < -0.4 is 4.90 Å². The Balaban J connectivity index is 1.83. The van der Waals surface area contributed by atoms with E-state index in [2.05, 4.69) is 58.4 Å². The van der Waals surface area contributed by atoms with E-state index in [9.17, 15) is 0 Å². The van der Waals surface area contributed by atoms with Gasteiger partial charge in [-0.1, -0.05) is 25.1 Å². The van der Waals surface area contributed by atoms with Gasteiger partial charge in [0, 0.05) is 43.4 Å². The molecular weight excluding hydrogens is 234 g/mol. The third kappa shape index (κ3) is 1.72. The molecule has 0 bridgehead atoms. The maximum absolute atomic E-state index is 4.39. The molecule has 3 heteroatoms. The Morgan fingerprint density at radius 1 is 1.26 bits per heavy atom. The molecule has 0 aromatic heterocycles. The number of para-hydroxylation sites is 1. The van der Waals surface area contributed by atoms with E-state index in [0.717, 1.165) is 12.5 Å². The van der Waals surface area contributed by atoms with Crippen molar-refractivity contribution in [3.63, 3.8) is 0 Å². The number of aliphatic imine (C=N–C) groups is 1. The third-order valence-electron chi connectivity index (χ3n) is 4.57. The summed E-state index contributed by atoms with van der Waals surface area (Å²) >= 11 is 0. The van der Waals surface area contributed by atoms with E-state index in [1.807, 2.05) is 6.20 Å². The van der Waals surface area contributed by atoms with Crippen LogP contribution in [0.15, 0.2) is 41.7 Å². The van der Waals surface area contributed by atoms with Crippen molar-refractivity contribution in [2.45, 2.75) is 32.0 Å². The van der Waals surface area contributed by atoms with Gasteiger partial charge in [0.15, 0.2) is 0 Å². The predicted molar refractivity (Wildman–Crippen MR) is 78.3 cm³/mol. The zero-order valence-corrected chi connectivity index (χ0v) is 11.2. The quantitative estimate of drug-likeness (QED) is 0.708. The molecule has 0 aliphatic carbocycles. The highest BCUT2D eigenvalue weighted by molar-refractivity contribution is 5.77. The lowest BCUT2D eigenvalue weighted by Gasteiger charge is -2.34. The fraction of sp³-hybridized carbons (Fsp3) is 0.438. The molecule has 1 aromatic rings. The molecule has 0 radical (unpaired) electrons. The van der Waals surface area contributed by atoms with Gasteiger partial charge in [0.25, 0.3) is 0 Å². The molecule has 19 heavy (non-hydrogen) atoms. The standard InChI is InChI=1S/C16H19N3/c1-12-8-15-16-9-17-6-7-19(16)14-5-3-2-4-13(14)11-18(15)10-12/h2-7,9,12,15-16H,8,10-11H2,1H3. The molecule has 0 amide bonds. The number of hydrogen-bond donors (Lipinski definition) is 0. The summed E-state index contributed by atoms with van der Waals surface area (Å²) in [4.78, 5) is 9.43. The van der Waals surface area contributed by atoms with Crippen LogP contribution in [-0.2, 0) is 6.54 Å². The summed E-state index contributed by atoms with van der Waals surface area (Å²) in [5.41, 5.74) is 2.78. The van der Waals surface area contributed by atoms with Crippen molar-refractivity contribution in [3.05, 3.63) is 42.2 Å². The topological polar surface area (TPSA) is 18.8 Å². The van der Waals surface area contributed by atoms with E-state index in [4.69, 9.17) is 0 Å². The van der Waals surface area contributed by atoms with Crippen LogP contribution in [0, 0.1) is 5.92 Å². The van der Waals surface area contributed by atoms with Crippen LogP contribution in [-0.4, -0.2) is 29.7 Å². The lowest BCUT2D eigenvalue weighted by molar-refractivity contribution is 0.241. The van der Waals surface area contributed by atoms with Crippen molar-refractivity contribution in [2.75, 3.05) is 11.4 Å². The van der Waals surface area contributed by atoms with Crippen LogP contribution in [0.4, 0.5) is 5.69 Å². The number of anilines is 1. The Morgan fingerprint density at radius 2 is 2.16 bits per heavy atom. The zero-order chi connectivity index (χ0) is 12.8. The van der Waals surface area contributed by atoms with Gasteiger partial charge in [0.1, 0.15) is 0 Å². The molecule has 3 atom stereocenters. The first kappa shape index (κ1) is 11.2. The van der Waals surface area contributed by atoms with Crippen molar-refractivity contribution in [1.82, 2.24) is 4.90 Å². The minimum atomic E-state index is 0.388. The average Bonchev–Trinajstić information content (AvgIpc) is 2.74. The summed E-state index contributed by atoms with van der Waals surface area (Å²) in [7, 11) is 0. The van der Waals surface area contributed by atoms with Gasteiger partial charge in [-0.05, 0) is 24.0 Å². The van der Waals surface area contributed by atoms with Gasteiger partial charge in [0.2, 0.25) is 0 Å². The van der Waals surface area contributed by atoms with Gasteiger partial charge in [0.05, 0.1) is 6.04 Å². The van der Waals surface area contributed by atoms with Gasteiger partial charge in [-0.25, -0.2) is 0 Å². The summed E-state index contributed by atoms with van der Waals surface area (Å²) in [5.74, 6) is 0.788. The number of benzene rings is 1. The monoisotopic (exact) mass is 253 g/mol. The summed E-state index contributed by atoms with van der Waals surface area (Å²) in [5, 5.41) is 0. The molecule has 3 heterocycles. The molecule has 3 nitrogen and oxygen atoms in total. The second-order valence-corrected chi connectivity index (χ2v) is 5.96. The molecule has 4 rings (SSSR count). The second kappa shape index (κ2) is 4.20. The molecule has 0 saturated carbocycles. The molecule has 3 unspecified atom stereocenters. The lowest BCUT2D eigenvalue weighted by atomic mass is 10.0. The van der Waals surface area contributed by atoms with Crippen molar-refractivity contribution >= 4 is 11.9 Å². The van der Waals surface area contributed by atoms with E-state index >= 15 is 0 Å². The van der Waals surface area contributed by atoms with E-state index in [1.54, 1.807) is 0 Å². The first-order valence-electron chi connectivity index (χ1n) is 7.13. The summed E-state index contributed by atoms with van der Waals surface area (Å²) in [6.07, 6.45) is 7.43. The Labute approximate surface area is 114 Å². The minimum absolute atomic E-state index is 0.388. The van der Waals surface area contributed by atoms with Crippen LogP contribution in [0.5, 0.6) is 0 Å². The summed E-state index contributed by atoms with van der Waals surface area (Å²) in [6, 6.07) is 9.76. The van der Waals surface area contributed by atoms with Crippen molar-refractivity contribution in [1.29, 1.82) is 0 Å². The number of rotatable bonds is 0. The molecule has 1 aromatic carbocycles. The number of fused-ring (bicyclic) bond motifs is 5. The Hall–Kier alpha value is -1.61.